The number of carbonyl (C=O) groups excluding carboxylic acids is 2. The Bertz CT molecular complexity index is 1100. The predicted octanol–water partition coefficient (Wildman–Crippen LogP) is 6.35. The summed E-state index contributed by atoms with van der Waals surface area (Å²) in [4.78, 5) is 25.4. The molecule has 32 heavy (non-hydrogen) atoms. The minimum Gasteiger partial charge on any atom is -0.483 e. The summed E-state index contributed by atoms with van der Waals surface area (Å²) in [6.45, 7) is 10.0. The summed E-state index contributed by atoms with van der Waals surface area (Å²) in [5.41, 5.74) is 5.25. The van der Waals surface area contributed by atoms with Gasteiger partial charge < -0.3 is 14.8 Å². The molecule has 5 nitrogen and oxygen atoms in total. The fourth-order valence-electron chi connectivity index (χ4n) is 3.35. The molecular formula is C26H29NO4S. The first-order chi connectivity index (χ1) is 15.3. The third-order valence-corrected chi connectivity index (χ3v) is 5.93. The van der Waals surface area contributed by atoms with E-state index in [1.165, 1.54) is 11.3 Å². The van der Waals surface area contributed by atoms with Gasteiger partial charge in [-0.25, -0.2) is 4.79 Å². The highest BCUT2D eigenvalue weighted by atomic mass is 32.1. The van der Waals surface area contributed by atoms with Gasteiger partial charge in [0.25, 0.3) is 5.91 Å². The standard InChI is InChI=1S/C26H29NO4S/c1-6-30-26(29)24-21(19-10-7-17(4)8-11-19)15-32-25(24)27-23(28)14-31-22-13-18(5)9-12-20(22)16(2)3/h7-13,15-16H,6,14H2,1-5H3,(H,27,28). The van der Waals surface area contributed by atoms with E-state index in [1.54, 1.807) is 6.92 Å². The predicted molar refractivity (Wildman–Crippen MR) is 130 cm³/mol. The number of anilines is 1. The molecule has 6 heteroatoms. The lowest BCUT2D eigenvalue weighted by molar-refractivity contribution is -0.118. The largest absolute Gasteiger partial charge is 0.483 e. The molecule has 2 aromatic carbocycles. The first-order valence-electron chi connectivity index (χ1n) is 10.7. The van der Waals surface area contributed by atoms with E-state index in [2.05, 4.69) is 19.2 Å². The van der Waals surface area contributed by atoms with Crippen LogP contribution >= 0.6 is 11.3 Å². The number of nitrogens with one attached hydrogen (secondary N) is 1. The molecule has 0 aliphatic carbocycles. The third-order valence-electron chi connectivity index (χ3n) is 5.04. The van der Waals surface area contributed by atoms with Crippen LogP contribution in [0.25, 0.3) is 11.1 Å². The molecule has 3 rings (SSSR count). The molecule has 0 aliphatic heterocycles. The van der Waals surface area contributed by atoms with Gasteiger partial charge in [0.15, 0.2) is 6.61 Å². The van der Waals surface area contributed by atoms with Crippen LogP contribution in [0.2, 0.25) is 0 Å². The van der Waals surface area contributed by atoms with Crippen LogP contribution in [0.5, 0.6) is 5.75 Å². The molecule has 0 radical (unpaired) electrons. The second kappa shape index (κ2) is 10.5. The molecule has 0 spiro atoms. The van der Waals surface area contributed by atoms with E-state index in [-0.39, 0.29) is 25.0 Å². The fourth-order valence-corrected chi connectivity index (χ4v) is 4.32. The van der Waals surface area contributed by atoms with Crippen LogP contribution in [-0.2, 0) is 9.53 Å². The van der Waals surface area contributed by atoms with Gasteiger partial charge >= 0.3 is 5.97 Å². The van der Waals surface area contributed by atoms with Crippen molar-refractivity contribution >= 4 is 28.2 Å². The highest BCUT2D eigenvalue weighted by Gasteiger charge is 2.23. The molecule has 0 bridgehead atoms. The average molecular weight is 452 g/mol. The Kier molecular flexibility index (Phi) is 7.70. The zero-order valence-corrected chi connectivity index (χ0v) is 20.0. The number of hydrogen-bond donors (Lipinski definition) is 1. The fraction of sp³-hybridized carbons (Fsp3) is 0.308. The van der Waals surface area contributed by atoms with Gasteiger partial charge in [-0.1, -0.05) is 55.8 Å². The maximum absolute atomic E-state index is 12.7. The minimum absolute atomic E-state index is 0.150. The summed E-state index contributed by atoms with van der Waals surface area (Å²) < 4.78 is 11.1. The zero-order valence-electron chi connectivity index (χ0n) is 19.2. The van der Waals surface area contributed by atoms with Crippen molar-refractivity contribution in [2.75, 3.05) is 18.5 Å². The molecule has 0 saturated heterocycles. The maximum Gasteiger partial charge on any atom is 0.341 e. The number of amides is 1. The molecule has 0 unspecified atom stereocenters. The van der Waals surface area contributed by atoms with Crippen molar-refractivity contribution in [3.8, 4) is 16.9 Å². The highest BCUT2D eigenvalue weighted by Crippen LogP contribution is 2.36. The lowest BCUT2D eigenvalue weighted by Crippen LogP contribution is -2.21. The molecule has 0 saturated carbocycles. The van der Waals surface area contributed by atoms with E-state index in [1.807, 2.05) is 61.7 Å². The lowest BCUT2D eigenvalue weighted by Gasteiger charge is -2.15. The van der Waals surface area contributed by atoms with Crippen LogP contribution < -0.4 is 10.1 Å². The number of ether oxygens (including phenoxy) is 2. The van der Waals surface area contributed by atoms with Gasteiger partial charge in [0.1, 0.15) is 16.3 Å². The molecule has 1 N–H and O–H groups in total. The Morgan fingerprint density at radius 1 is 1.03 bits per heavy atom. The molecular weight excluding hydrogens is 422 g/mol. The summed E-state index contributed by atoms with van der Waals surface area (Å²) in [5, 5.41) is 5.16. The molecule has 1 amide bonds. The second-order valence-corrected chi connectivity index (χ2v) is 8.85. The van der Waals surface area contributed by atoms with Gasteiger partial charge in [-0.3, -0.25) is 4.79 Å². The molecule has 0 atom stereocenters. The Morgan fingerprint density at radius 3 is 2.38 bits per heavy atom. The third kappa shape index (κ3) is 5.56. The van der Waals surface area contributed by atoms with Crippen LogP contribution in [0, 0.1) is 13.8 Å². The average Bonchev–Trinajstić information content (AvgIpc) is 3.16. The van der Waals surface area contributed by atoms with Crippen molar-refractivity contribution in [3.05, 3.63) is 70.1 Å². The summed E-state index contributed by atoms with van der Waals surface area (Å²) in [6.07, 6.45) is 0. The SMILES string of the molecule is CCOC(=O)c1c(-c2ccc(C)cc2)csc1NC(=O)COc1cc(C)ccc1C(C)C. The van der Waals surface area contributed by atoms with E-state index in [0.717, 1.165) is 27.8 Å². The number of aryl methyl sites for hydroxylation is 2. The Labute approximate surface area is 193 Å². The molecule has 168 valence electrons. The van der Waals surface area contributed by atoms with Crippen LogP contribution in [0.3, 0.4) is 0 Å². The molecule has 1 aromatic heterocycles. The van der Waals surface area contributed by atoms with E-state index in [0.29, 0.717) is 16.3 Å². The Morgan fingerprint density at radius 2 is 1.72 bits per heavy atom. The van der Waals surface area contributed by atoms with Crippen molar-refractivity contribution in [3.63, 3.8) is 0 Å². The van der Waals surface area contributed by atoms with E-state index < -0.39 is 5.97 Å². The van der Waals surface area contributed by atoms with Crippen molar-refractivity contribution in [1.29, 1.82) is 0 Å². The van der Waals surface area contributed by atoms with Crippen molar-refractivity contribution in [2.45, 2.75) is 40.5 Å². The second-order valence-electron chi connectivity index (χ2n) is 7.97. The number of carbonyl (C=O) groups is 2. The van der Waals surface area contributed by atoms with Crippen LogP contribution in [0.4, 0.5) is 5.00 Å². The minimum atomic E-state index is -0.457. The van der Waals surface area contributed by atoms with Crippen LogP contribution in [0.15, 0.2) is 47.8 Å². The van der Waals surface area contributed by atoms with Crippen LogP contribution in [-0.4, -0.2) is 25.1 Å². The first-order valence-corrected chi connectivity index (χ1v) is 11.6. The normalized spacial score (nSPS) is 10.8. The highest BCUT2D eigenvalue weighted by molar-refractivity contribution is 7.15. The van der Waals surface area contributed by atoms with Crippen molar-refractivity contribution < 1.29 is 19.1 Å². The summed E-state index contributed by atoms with van der Waals surface area (Å²) in [6, 6.07) is 13.9. The van der Waals surface area contributed by atoms with Gasteiger partial charge in [-0.2, -0.15) is 0 Å². The van der Waals surface area contributed by atoms with Gasteiger partial charge in [0.05, 0.1) is 6.61 Å². The topological polar surface area (TPSA) is 64.6 Å². The van der Waals surface area contributed by atoms with Gasteiger partial charge in [0.2, 0.25) is 0 Å². The summed E-state index contributed by atoms with van der Waals surface area (Å²) in [7, 11) is 0. The van der Waals surface area contributed by atoms with Crippen LogP contribution in [0.1, 0.15) is 53.7 Å². The number of thiophene rings is 1. The quantitative estimate of drug-likeness (QED) is 0.405. The Balaban J connectivity index is 1.81. The van der Waals surface area contributed by atoms with E-state index >= 15 is 0 Å². The van der Waals surface area contributed by atoms with E-state index in [4.69, 9.17) is 9.47 Å². The molecule has 3 aromatic rings. The van der Waals surface area contributed by atoms with Crippen molar-refractivity contribution in [2.24, 2.45) is 0 Å². The zero-order chi connectivity index (χ0) is 23.3. The monoisotopic (exact) mass is 451 g/mol. The smallest absolute Gasteiger partial charge is 0.341 e. The lowest BCUT2D eigenvalue weighted by atomic mass is 10.0. The van der Waals surface area contributed by atoms with Gasteiger partial charge in [-0.15, -0.1) is 11.3 Å². The van der Waals surface area contributed by atoms with Gasteiger partial charge in [-0.05, 0) is 49.4 Å². The molecule has 0 aliphatic rings. The number of hydrogen-bond acceptors (Lipinski definition) is 5. The van der Waals surface area contributed by atoms with Crippen molar-refractivity contribution in [1.82, 2.24) is 0 Å². The van der Waals surface area contributed by atoms with E-state index in [9.17, 15) is 9.59 Å². The number of rotatable bonds is 8. The number of esters is 1. The van der Waals surface area contributed by atoms with Gasteiger partial charge in [0, 0.05) is 10.9 Å². The number of benzene rings is 2. The Hall–Kier alpha value is -3.12. The summed E-state index contributed by atoms with van der Waals surface area (Å²) >= 11 is 1.30. The maximum atomic E-state index is 12.7. The summed E-state index contributed by atoms with van der Waals surface area (Å²) in [5.74, 6) is 0.191. The molecule has 0 fully saturated rings. The molecule has 1 heterocycles. The first kappa shape index (κ1) is 23.5.